The van der Waals surface area contributed by atoms with Gasteiger partial charge in [0.25, 0.3) is 0 Å². The van der Waals surface area contributed by atoms with E-state index in [4.69, 9.17) is 5.73 Å². The molecule has 148 valence electrons. The Morgan fingerprint density at radius 3 is 2.12 bits per heavy atom. The number of carbonyl (C=O) groups excluding carboxylic acids is 1. The summed E-state index contributed by atoms with van der Waals surface area (Å²) < 4.78 is 61.9. The Morgan fingerprint density at radius 1 is 1.24 bits per heavy atom. The lowest BCUT2D eigenvalue weighted by Gasteiger charge is -2.40. The largest absolute Gasteiger partial charge is 0.402 e. The Morgan fingerprint density at radius 2 is 1.72 bits per heavy atom. The summed E-state index contributed by atoms with van der Waals surface area (Å²) in [5.74, 6) is -0.167. The number of nitrogens with zero attached hydrogens (tertiary/aromatic N) is 2. The number of alkyl halides is 3. The number of likely N-dealkylation sites (tertiary alicyclic amines) is 1. The molecule has 1 aliphatic carbocycles. The quantitative estimate of drug-likeness (QED) is 0.765. The van der Waals surface area contributed by atoms with Crippen LogP contribution in [0.4, 0.5) is 13.2 Å². The first-order chi connectivity index (χ1) is 10.9. The van der Waals surface area contributed by atoms with Gasteiger partial charge >= 0.3 is 6.18 Å². The average Bonchev–Trinajstić information content (AvgIpc) is 2.90. The van der Waals surface area contributed by atoms with Crippen LogP contribution in [0.5, 0.6) is 0 Å². The summed E-state index contributed by atoms with van der Waals surface area (Å²) in [6.07, 6.45) is -0.413. The summed E-state index contributed by atoms with van der Waals surface area (Å²) in [7, 11) is -3.98. The number of hydrogen-bond donors (Lipinski definition) is 1. The predicted molar refractivity (Wildman–Crippen MR) is 89.8 cm³/mol. The van der Waals surface area contributed by atoms with E-state index >= 15 is 0 Å². The predicted octanol–water partition coefficient (Wildman–Crippen LogP) is 1.49. The van der Waals surface area contributed by atoms with Gasteiger partial charge in [0.2, 0.25) is 15.9 Å². The van der Waals surface area contributed by atoms with Gasteiger partial charge in [-0.25, -0.2) is 8.42 Å². The molecule has 1 aliphatic heterocycles. The van der Waals surface area contributed by atoms with Gasteiger partial charge in [-0.05, 0) is 25.7 Å². The molecule has 1 saturated heterocycles. The highest BCUT2D eigenvalue weighted by Gasteiger charge is 2.43. The molecule has 6 nitrogen and oxygen atoms in total. The van der Waals surface area contributed by atoms with Crippen LogP contribution in [0.2, 0.25) is 0 Å². The Balaban J connectivity index is 0.00000312. The molecule has 2 aliphatic rings. The van der Waals surface area contributed by atoms with Gasteiger partial charge in [-0.1, -0.05) is 12.8 Å². The standard InChI is InChI=1S/C14H24F3N3O3S.ClH/c1-24(22,23)20(10-14(15,16)17)11-4-8-19(9-5-11)12(21)13(18)6-2-3-7-13;/h11H,2-10,18H2,1H3;1H. The summed E-state index contributed by atoms with van der Waals surface area (Å²) in [5, 5.41) is 0. The molecule has 0 aromatic heterocycles. The third-order valence-corrected chi connectivity index (χ3v) is 6.12. The van der Waals surface area contributed by atoms with Crippen LogP contribution in [-0.4, -0.2) is 67.2 Å². The van der Waals surface area contributed by atoms with E-state index < -0.39 is 34.3 Å². The maximum Gasteiger partial charge on any atom is 0.402 e. The van der Waals surface area contributed by atoms with E-state index in [1.54, 1.807) is 4.90 Å². The van der Waals surface area contributed by atoms with Gasteiger partial charge < -0.3 is 10.6 Å². The fraction of sp³-hybridized carbons (Fsp3) is 0.929. The number of hydrogen-bond acceptors (Lipinski definition) is 4. The van der Waals surface area contributed by atoms with Crippen molar-refractivity contribution < 1.29 is 26.4 Å². The summed E-state index contributed by atoms with van der Waals surface area (Å²) in [4.78, 5) is 14.1. The zero-order valence-electron chi connectivity index (χ0n) is 14.1. The minimum absolute atomic E-state index is 0. The summed E-state index contributed by atoms with van der Waals surface area (Å²) >= 11 is 0. The van der Waals surface area contributed by atoms with Gasteiger partial charge in [-0.2, -0.15) is 17.5 Å². The van der Waals surface area contributed by atoms with Crippen LogP contribution in [0.25, 0.3) is 0 Å². The Hall–Kier alpha value is -0.580. The molecule has 0 unspecified atom stereocenters. The summed E-state index contributed by atoms with van der Waals surface area (Å²) in [6, 6.07) is -0.747. The van der Waals surface area contributed by atoms with Crippen LogP contribution in [-0.2, 0) is 14.8 Å². The highest BCUT2D eigenvalue weighted by atomic mass is 35.5. The lowest BCUT2D eigenvalue weighted by atomic mass is 9.95. The van der Waals surface area contributed by atoms with Gasteiger partial charge in [-0.3, -0.25) is 4.79 Å². The molecule has 0 spiro atoms. The SMILES string of the molecule is CS(=O)(=O)N(CC(F)(F)F)C1CCN(C(=O)C2(N)CCCC2)CC1.Cl. The molecule has 2 fully saturated rings. The van der Waals surface area contributed by atoms with Crippen molar-refractivity contribution >= 4 is 28.3 Å². The minimum atomic E-state index is -4.60. The van der Waals surface area contributed by atoms with Crippen molar-refractivity contribution in [1.82, 2.24) is 9.21 Å². The molecule has 1 heterocycles. The molecule has 0 aromatic carbocycles. The molecule has 11 heteroatoms. The van der Waals surface area contributed by atoms with Gasteiger partial charge in [0.15, 0.2) is 0 Å². The van der Waals surface area contributed by atoms with Crippen molar-refractivity contribution in [3.05, 3.63) is 0 Å². The maximum atomic E-state index is 12.7. The number of sulfonamides is 1. The van der Waals surface area contributed by atoms with Gasteiger partial charge in [0.05, 0.1) is 11.8 Å². The van der Waals surface area contributed by atoms with E-state index in [0.29, 0.717) is 17.1 Å². The van der Waals surface area contributed by atoms with Crippen LogP contribution >= 0.6 is 12.4 Å². The molecular formula is C14H25ClF3N3O3S. The molecule has 0 aromatic rings. The van der Waals surface area contributed by atoms with Gasteiger partial charge in [-0.15, -0.1) is 12.4 Å². The smallest absolute Gasteiger partial charge is 0.341 e. The zero-order valence-corrected chi connectivity index (χ0v) is 15.7. The number of nitrogens with two attached hydrogens (primary N) is 1. The fourth-order valence-electron chi connectivity index (χ4n) is 3.59. The van der Waals surface area contributed by atoms with Crippen molar-refractivity contribution in [2.45, 2.75) is 56.3 Å². The Bertz CT molecular complexity index is 572. The van der Waals surface area contributed by atoms with Crippen molar-refractivity contribution in [1.29, 1.82) is 0 Å². The van der Waals surface area contributed by atoms with Crippen molar-refractivity contribution in [2.24, 2.45) is 5.73 Å². The second-order valence-corrected chi connectivity index (χ2v) is 8.75. The second-order valence-electron chi connectivity index (χ2n) is 6.81. The van der Waals surface area contributed by atoms with Crippen LogP contribution in [0.3, 0.4) is 0 Å². The van der Waals surface area contributed by atoms with Crippen LogP contribution in [0.1, 0.15) is 38.5 Å². The molecule has 0 bridgehead atoms. The molecular weight excluding hydrogens is 383 g/mol. The normalized spacial score (nSPS) is 22.1. The van der Waals surface area contributed by atoms with Crippen molar-refractivity contribution in [2.75, 3.05) is 25.9 Å². The highest BCUT2D eigenvalue weighted by molar-refractivity contribution is 7.88. The fourth-order valence-corrected chi connectivity index (χ4v) is 4.72. The Kier molecular flexibility index (Phi) is 7.17. The number of halogens is 4. The first-order valence-corrected chi connectivity index (χ1v) is 9.89. The first-order valence-electron chi connectivity index (χ1n) is 8.04. The lowest BCUT2D eigenvalue weighted by Crippen LogP contribution is -2.57. The van der Waals surface area contributed by atoms with Crippen LogP contribution in [0.15, 0.2) is 0 Å². The van der Waals surface area contributed by atoms with Crippen molar-refractivity contribution in [3.63, 3.8) is 0 Å². The molecule has 0 atom stereocenters. The molecule has 0 radical (unpaired) electrons. The summed E-state index contributed by atoms with van der Waals surface area (Å²) in [5.41, 5.74) is 5.27. The highest BCUT2D eigenvalue weighted by Crippen LogP contribution is 2.31. The van der Waals surface area contributed by atoms with E-state index in [1.807, 2.05) is 0 Å². The molecule has 2 N–H and O–H groups in total. The monoisotopic (exact) mass is 407 g/mol. The number of amides is 1. The topological polar surface area (TPSA) is 83.7 Å². The van der Waals surface area contributed by atoms with E-state index in [9.17, 15) is 26.4 Å². The number of piperidine rings is 1. The van der Waals surface area contributed by atoms with Gasteiger partial charge in [0, 0.05) is 19.1 Å². The Labute approximate surface area is 152 Å². The van der Waals surface area contributed by atoms with Crippen LogP contribution in [0, 0.1) is 0 Å². The number of rotatable bonds is 4. The lowest BCUT2D eigenvalue weighted by molar-refractivity contribution is -0.144. The second kappa shape index (κ2) is 7.98. The van der Waals surface area contributed by atoms with E-state index in [1.165, 1.54) is 0 Å². The molecule has 2 rings (SSSR count). The van der Waals surface area contributed by atoms with Gasteiger partial charge in [0.1, 0.15) is 6.54 Å². The third kappa shape index (κ3) is 5.70. The number of carbonyl (C=O) groups is 1. The van der Waals surface area contributed by atoms with E-state index in [2.05, 4.69) is 0 Å². The van der Waals surface area contributed by atoms with E-state index in [-0.39, 0.29) is 44.2 Å². The van der Waals surface area contributed by atoms with E-state index in [0.717, 1.165) is 19.1 Å². The van der Waals surface area contributed by atoms with Crippen molar-refractivity contribution in [3.8, 4) is 0 Å². The molecule has 1 amide bonds. The molecule has 1 saturated carbocycles. The third-order valence-electron chi connectivity index (χ3n) is 4.84. The van der Waals surface area contributed by atoms with Crippen LogP contribution < -0.4 is 5.73 Å². The molecule has 25 heavy (non-hydrogen) atoms. The average molecular weight is 408 g/mol. The maximum absolute atomic E-state index is 12.7. The summed E-state index contributed by atoms with van der Waals surface area (Å²) in [6.45, 7) is -1.04. The zero-order chi connectivity index (χ0) is 18.2. The first kappa shape index (κ1) is 22.5. The minimum Gasteiger partial charge on any atom is -0.341 e.